The fourth-order valence-corrected chi connectivity index (χ4v) is 4.40. The summed E-state index contributed by atoms with van der Waals surface area (Å²) in [7, 11) is 1.62. The summed E-state index contributed by atoms with van der Waals surface area (Å²) in [6, 6.07) is 11.2. The van der Waals surface area contributed by atoms with Crippen LogP contribution in [0.1, 0.15) is 53.0 Å². The van der Waals surface area contributed by atoms with Crippen LogP contribution in [0.2, 0.25) is 0 Å². The van der Waals surface area contributed by atoms with Gasteiger partial charge in [0.2, 0.25) is 5.91 Å². The number of ether oxygens (including phenoxy) is 1. The highest BCUT2D eigenvalue weighted by molar-refractivity contribution is 7.10. The van der Waals surface area contributed by atoms with Crippen LogP contribution in [-0.4, -0.2) is 43.0 Å². The van der Waals surface area contributed by atoms with E-state index in [1.807, 2.05) is 55.6 Å². The molecule has 5 nitrogen and oxygen atoms in total. The number of hydrogen-bond acceptors (Lipinski definition) is 4. The second-order valence-electron chi connectivity index (χ2n) is 6.83. The fourth-order valence-electron chi connectivity index (χ4n) is 3.52. The predicted octanol–water partition coefficient (Wildman–Crippen LogP) is 3.59. The summed E-state index contributed by atoms with van der Waals surface area (Å²) >= 11 is 1.57. The first-order valence-corrected chi connectivity index (χ1v) is 10.2. The molecule has 0 saturated carbocycles. The van der Waals surface area contributed by atoms with E-state index in [1.54, 1.807) is 23.3 Å². The highest BCUT2D eigenvalue weighted by atomic mass is 32.1. The molecule has 2 heterocycles. The van der Waals surface area contributed by atoms with Crippen LogP contribution in [0, 0.1) is 0 Å². The largest absolute Gasteiger partial charge is 0.383 e. The van der Waals surface area contributed by atoms with E-state index in [2.05, 4.69) is 5.32 Å². The average Bonchev–Trinajstić information content (AvgIpc) is 3.21. The number of carbonyl (C=O) groups excluding carboxylic acids is 2. The smallest absolute Gasteiger partial charge is 0.254 e. The van der Waals surface area contributed by atoms with Crippen molar-refractivity contribution in [1.29, 1.82) is 0 Å². The van der Waals surface area contributed by atoms with Gasteiger partial charge in [0.1, 0.15) is 0 Å². The van der Waals surface area contributed by atoms with Gasteiger partial charge in [0.25, 0.3) is 5.91 Å². The van der Waals surface area contributed by atoms with Crippen LogP contribution in [0.15, 0.2) is 41.8 Å². The zero-order valence-corrected chi connectivity index (χ0v) is 16.8. The van der Waals surface area contributed by atoms with Crippen LogP contribution >= 0.6 is 11.3 Å². The van der Waals surface area contributed by atoms with Crippen molar-refractivity contribution in [2.24, 2.45) is 0 Å². The predicted molar refractivity (Wildman–Crippen MR) is 107 cm³/mol. The Labute approximate surface area is 164 Å². The van der Waals surface area contributed by atoms with Gasteiger partial charge in [-0.05, 0) is 36.4 Å². The van der Waals surface area contributed by atoms with Crippen molar-refractivity contribution in [2.75, 3.05) is 20.3 Å². The number of methoxy groups -OCH3 is 1. The summed E-state index contributed by atoms with van der Waals surface area (Å²) in [5, 5.41) is 5.10. The number of hydrogen-bond donors (Lipinski definition) is 1. The molecule has 6 heteroatoms. The first kappa shape index (κ1) is 19.6. The Morgan fingerprint density at radius 1 is 1.30 bits per heavy atom. The molecule has 1 N–H and O–H groups in total. The minimum absolute atomic E-state index is 0.0369. The molecular formula is C21H26N2O3S. The molecule has 0 radical (unpaired) electrons. The standard InChI is InChI=1S/C21H26N2O3S/c1-4-14(2)22-20(24)18-15-8-5-6-9-16(15)21(25)23(11-12-26-3)19(18)17-10-7-13-27-17/h5-10,13-14,18-19H,4,11-12H2,1-3H3,(H,22,24)/t14-,18+,19-/m0/s1. The third kappa shape index (κ3) is 3.92. The van der Waals surface area contributed by atoms with Gasteiger partial charge >= 0.3 is 0 Å². The second-order valence-corrected chi connectivity index (χ2v) is 7.81. The van der Waals surface area contributed by atoms with E-state index < -0.39 is 5.92 Å². The van der Waals surface area contributed by atoms with Crippen molar-refractivity contribution >= 4 is 23.2 Å². The van der Waals surface area contributed by atoms with Gasteiger partial charge in [-0.2, -0.15) is 0 Å². The van der Waals surface area contributed by atoms with E-state index >= 15 is 0 Å². The Kier molecular flexibility index (Phi) is 6.29. The summed E-state index contributed by atoms with van der Waals surface area (Å²) in [5.41, 5.74) is 1.40. The molecule has 2 aromatic rings. The van der Waals surface area contributed by atoms with Gasteiger partial charge in [-0.15, -0.1) is 11.3 Å². The molecule has 0 saturated heterocycles. The molecule has 0 aliphatic carbocycles. The normalized spacial score (nSPS) is 20.3. The number of fused-ring (bicyclic) bond motifs is 1. The molecule has 27 heavy (non-hydrogen) atoms. The molecule has 1 aromatic carbocycles. The summed E-state index contributed by atoms with van der Waals surface area (Å²) in [6.45, 7) is 4.92. The Bertz CT molecular complexity index is 790. The molecule has 3 rings (SSSR count). The minimum atomic E-state index is -0.441. The van der Waals surface area contributed by atoms with Gasteiger partial charge in [0.05, 0.1) is 18.6 Å². The summed E-state index contributed by atoms with van der Waals surface area (Å²) < 4.78 is 5.23. The molecule has 0 bridgehead atoms. The lowest BCUT2D eigenvalue weighted by molar-refractivity contribution is -0.124. The maximum Gasteiger partial charge on any atom is 0.254 e. The number of amides is 2. The number of carbonyl (C=O) groups is 2. The van der Waals surface area contributed by atoms with Crippen molar-refractivity contribution in [3.63, 3.8) is 0 Å². The van der Waals surface area contributed by atoms with Crippen molar-refractivity contribution in [3.05, 3.63) is 57.8 Å². The van der Waals surface area contributed by atoms with Gasteiger partial charge in [0.15, 0.2) is 0 Å². The van der Waals surface area contributed by atoms with Gasteiger partial charge in [-0.25, -0.2) is 0 Å². The van der Waals surface area contributed by atoms with Gasteiger partial charge in [0, 0.05) is 30.1 Å². The van der Waals surface area contributed by atoms with Crippen molar-refractivity contribution in [1.82, 2.24) is 10.2 Å². The first-order valence-electron chi connectivity index (χ1n) is 9.31. The minimum Gasteiger partial charge on any atom is -0.383 e. The number of nitrogens with zero attached hydrogens (tertiary/aromatic N) is 1. The number of thiophene rings is 1. The van der Waals surface area contributed by atoms with E-state index in [-0.39, 0.29) is 23.9 Å². The average molecular weight is 387 g/mol. The zero-order chi connectivity index (χ0) is 19.4. The maximum absolute atomic E-state index is 13.3. The molecule has 1 aliphatic rings. The van der Waals surface area contributed by atoms with Gasteiger partial charge in [-0.1, -0.05) is 31.2 Å². The van der Waals surface area contributed by atoms with E-state index in [1.165, 1.54) is 0 Å². The van der Waals surface area contributed by atoms with Crippen molar-refractivity contribution < 1.29 is 14.3 Å². The number of rotatable bonds is 7. The molecule has 3 atom stereocenters. The Morgan fingerprint density at radius 2 is 2.07 bits per heavy atom. The van der Waals surface area contributed by atoms with Crippen LogP contribution in [-0.2, 0) is 9.53 Å². The van der Waals surface area contributed by atoms with Crippen LogP contribution in [0.4, 0.5) is 0 Å². The molecular weight excluding hydrogens is 360 g/mol. The molecule has 2 amide bonds. The number of nitrogens with one attached hydrogen (secondary N) is 1. The molecule has 144 valence electrons. The maximum atomic E-state index is 13.3. The van der Waals surface area contributed by atoms with Crippen molar-refractivity contribution in [2.45, 2.75) is 38.3 Å². The van der Waals surface area contributed by atoms with E-state index in [0.29, 0.717) is 18.7 Å². The lowest BCUT2D eigenvalue weighted by atomic mass is 9.81. The number of benzene rings is 1. The Morgan fingerprint density at radius 3 is 2.74 bits per heavy atom. The molecule has 0 spiro atoms. The monoisotopic (exact) mass is 386 g/mol. The third-order valence-electron chi connectivity index (χ3n) is 5.09. The topological polar surface area (TPSA) is 58.6 Å². The van der Waals surface area contributed by atoms with Crippen molar-refractivity contribution in [3.8, 4) is 0 Å². The lowest BCUT2D eigenvalue weighted by Crippen LogP contribution is -2.49. The highest BCUT2D eigenvalue weighted by Gasteiger charge is 2.44. The molecule has 1 aliphatic heterocycles. The van der Waals surface area contributed by atoms with E-state index in [9.17, 15) is 9.59 Å². The summed E-state index contributed by atoms with van der Waals surface area (Å²) in [4.78, 5) is 29.3. The summed E-state index contributed by atoms with van der Waals surface area (Å²) in [6.07, 6.45) is 0.857. The Balaban J connectivity index is 2.10. The van der Waals surface area contributed by atoms with E-state index in [4.69, 9.17) is 4.74 Å². The van der Waals surface area contributed by atoms with E-state index in [0.717, 1.165) is 16.9 Å². The third-order valence-corrected chi connectivity index (χ3v) is 6.04. The molecule has 0 fully saturated rings. The zero-order valence-electron chi connectivity index (χ0n) is 16.0. The van der Waals surface area contributed by atoms with Gasteiger partial charge in [-0.3, -0.25) is 9.59 Å². The van der Waals surface area contributed by atoms with Crippen LogP contribution in [0.3, 0.4) is 0 Å². The second kappa shape index (κ2) is 8.67. The lowest BCUT2D eigenvalue weighted by Gasteiger charge is -2.41. The van der Waals surface area contributed by atoms with Gasteiger partial charge < -0.3 is 15.0 Å². The highest BCUT2D eigenvalue weighted by Crippen LogP contribution is 2.44. The van der Waals surface area contributed by atoms with Crippen LogP contribution < -0.4 is 5.32 Å². The SMILES string of the molecule is CC[C@H](C)NC(=O)[C@@H]1c2ccccc2C(=O)N(CCOC)[C@H]1c1cccs1. The van der Waals surface area contributed by atoms with Crippen LogP contribution in [0.5, 0.6) is 0 Å². The molecule has 0 unspecified atom stereocenters. The summed E-state index contributed by atoms with van der Waals surface area (Å²) in [5.74, 6) is -0.526. The first-order chi connectivity index (χ1) is 13.1. The van der Waals surface area contributed by atoms with Crippen LogP contribution in [0.25, 0.3) is 0 Å². The Hall–Kier alpha value is -2.18. The fraction of sp³-hybridized carbons (Fsp3) is 0.429. The quantitative estimate of drug-likeness (QED) is 0.791. The molecule has 1 aromatic heterocycles.